The molecule has 35 heavy (non-hydrogen) atoms. The summed E-state index contributed by atoms with van der Waals surface area (Å²) in [6, 6.07) is 5.75. The van der Waals surface area contributed by atoms with Crippen molar-refractivity contribution in [2.45, 2.75) is 69.4 Å². The first-order valence-electron chi connectivity index (χ1n) is 11.3. The molecule has 0 bridgehead atoms. The number of alkyl halides is 3. The molecule has 0 radical (unpaired) electrons. The smallest absolute Gasteiger partial charge is 0.419 e. The molecule has 2 aliphatic rings. The van der Waals surface area contributed by atoms with E-state index in [1.54, 1.807) is 26.0 Å². The van der Waals surface area contributed by atoms with Crippen molar-refractivity contribution in [3.05, 3.63) is 52.6 Å². The van der Waals surface area contributed by atoms with Crippen molar-refractivity contribution < 1.29 is 38.1 Å². The molecule has 0 fully saturated rings. The maximum atomic E-state index is 14.5. The van der Waals surface area contributed by atoms with Crippen molar-refractivity contribution in [1.29, 1.82) is 0 Å². The van der Waals surface area contributed by atoms with Crippen molar-refractivity contribution in [2.24, 2.45) is 0 Å². The summed E-state index contributed by atoms with van der Waals surface area (Å²) in [7, 11) is 1.46. The van der Waals surface area contributed by atoms with Gasteiger partial charge in [-0.05, 0) is 41.0 Å². The lowest BCUT2D eigenvalue weighted by Gasteiger charge is -2.49. The molecule has 0 aromatic heterocycles. The third kappa shape index (κ3) is 3.66. The predicted octanol–water partition coefficient (Wildman–Crippen LogP) is 4.72. The zero-order valence-corrected chi connectivity index (χ0v) is 20.1. The fourth-order valence-corrected chi connectivity index (χ4v) is 5.47. The molecule has 0 saturated carbocycles. The first kappa shape index (κ1) is 25.3. The van der Waals surface area contributed by atoms with Gasteiger partial charge in [0.2, 0.25) is 0 Å². The standard InChI is InChI=1S/C25H29F3N2O5/c1-12(2)13-9-10-14-18(20(13)35-5)23(3,4)11-24(33,25(26,27)28)21(14)29-15-7-6-8-16-17(15)19(31)22(32)30(16)34/h6-10,12,19,21,29,31,33-34H,11H2,1-5H3. The van der Waals surface area contributed by atoms with Crippen LogP contribution in [0.2, 0.25) is 0 Å². The van der Waals surface area contributed by atoms with Crippen LogP contribution in [-0.2, 0) is 10.2 Å². The molecule has 3 atom stereocenters. The summed E-state index contributed by atoms with van der Waals surface area (Å²) in [5.41, 5.74) is -2.86. The Kier molecular flexibility index (Phi) is 5.86. The second-order valence-corrected chi connectivity index (χ2v) is 10.2. The monoisotopic (exact) mass is 494 g/mol. The van der Waals surface area contributed by atoms with Crippen LogP contribution in [0.1, 0.15) is 74.4 Å². The Morgan fingerprint density at radius 1 is 1.20 bits per heavy atom. The molecule has 1 aliphatic heterocycles. The Hall–Kier alpha value is -2.82. The summed E-state index contributed by atoms with van der Waals surface area (Å²) in [5, 5.41) is 34.7. The second-order valence-electron chi connectivity index (χ2n) is 10.2. The highest BCUT2D eigenvalue weighted by Gasteiger charge is 2.64. The van der Waals surface area contributed by atoms with Crippen LogP contribution in [0, 0.1) is 0 Å². The van der Waals surface area contributed by atoms with Gasteiger partial charge in [0.1, 0.15) is 5.75 Å². The number of fused-ring (bicyclic) bond motifs is 2. The lowest BCUT2D eigenvalue weighted by atomic mass is 9.62. The number of hydrogen-bond acceptors (Lipinski definition) is 6. The fraction of sp³-hybridized carbons (Fsp3) is 0.480. The predicted molar refractivity (Wildman–Crippen MR) is 123 cm³/mol. The quantitative estimate of drug-likeness (QED) is 0.459. The van der Waals surface area contributed by atoms with Crippen LogP contribution < -0.4 is 15.1 Å². The number of hydroxylamine groups is 1. The van der Waals surface area contributed by atoms with Gasteiger partial charge in [-0.25, -0.2) is 0 Å². The topological polar surface area (TPSA) is 102 Å². The van der Waals surface area contributed by atoms with Gasteiger partial charge in [-0.1, -0.05) is 45.9 Å². The number of amides is 1. The van der Waals surface area contributed by atoms with E-state index in [0.29, 0.717) is 11.3 Å². The van der Waals surface area contributed by atoms with E-state index < -0.39 is 41.7 Å². The largest absolute Gasteiger partial charge is 0.496 e. The number of rotatable bonds is 4. The summed E-state index contributed by atoms with van der Waals surface area (Å²) >= 11 is 0. The Balaban J connectivity index is 1.97. The molecule has 1 amide bonds. The number of hydrogen-bond donors (Lipinski definition) is 4. The molecule has 10 heteroatoms. The average Bonchev–Trinajstić information content (AvgIpc) is 2.99. The Morgan fingerprint density at radius 3 is 2.43 bits per heavy atom. The Morgan fingerprint density at radius 2 is 1.86 bits per heavy atom. The minimum absolute atomic E-state index is 0.00914. The van der Waals surface area contributed by atoms with Crippen molar-refractivity contribution in [2.75, 3.05) is 17.5 Å². The van der Waals surface area contributed by atoms with Crippen molar-refractivity contribution in [3.8, 4) is 5.75 Å². The average molecular weight is 495 g/mol. The SMILES string of the molecule is COc1c(C(C)C)ccc2c1C(C)(C)CC(O)(C(F)(F)F)C2Nc1cccc2c1C(O)C(=O)N2O. The molecule has 4 N–H and O–H groups in total. The maximum absolute atomic E-state index is 14.5. The van der Waals surface area contributed by atoms with Crippen molar-refractivity contribution >= 4 is 17.3 Å². The number of methoxy groups -OCH3 is 1. The summed E-state index contributed by atoms with van der Waals surface area (Å²) in [4.78, 5) is 12.1. The molecule has 1 aliphatic carbocycles. The normalized spacial score (nSPS) is 25.5. The molecule has 2 aromatic rings. The van der Waals surface area contributed by atoms with Gasteiger partial charge in [-0.2, -0.15) is 18.2 Å². The third-order valence-corrected chi connectivity index (χ3v) is 7.04. The Bertz CT molecular complexity index is 1180. The number of carbonyl (C=O) groups is 1. The number of anilines is 2. The lowest BCUT2D eigenvalue weighted by molar-refractivity contribution is -0.276. The van der Waals surface area contributed by atoms with Gasteiger partial charge in [0.05, 0.1) is 18.8 Å². The molecule has 4 rings (SSSR count). The highest BCUT2D eigenvalue weighted by atomic mass is 19.4. The molecule has 3 unspecified atom stereocenters. The minimum Gasteiger partial charge on any atom is -0.496 e. The van der Waals surface area contributed by atoms with Crippen LogP contribution in [0.4, 0.5) is 24.5 Å². The van der Waals surface area contributed by atoms with Crippen molar-refractivity contribution in [1.82, 2.24) is 0 Å². The number of nitrogens with zero attached hydrogens (tertiary/aromatic N) is 1. The number of benzene rings is 2. The van der Waals surface area contributed by atoms with Crippen LogP contribution in [0.15, 0.2) is 30.3 Å². The number of nitrogens with one attached hydrogen (secondary N) is 1. The second kappa shape index (κ2) is 8.11. The molecular formula is C25H29F3N2O5. The molecule has 0 saturated heterocycles. The minimum atomic E-state index is -5.01. The lowest BCUT2D eigenvalue weighted by Crippen LogP contribution is -2.58. The van der Waals surface area contributed by atoms with E-state index >= 15 is 0 Å². The molecule has 190 valence electrons. The first-order valence-corrected chi connectivity index (χ1v) is 11.3. The highest BCUT2D eigenvalue weighted by molar-refractivity contribution is 6.04. The fourth-order valence-electron chi connectivity index (χ4n) is 5.47. The molecule has 0 spiro atoms. The van der Waals surface area contributed by atoms with E-state index in [0.717, 1.165) is 5.56 Å². The van der Waals surface area contributed by atoms with E-state index in [1.807, 2.05) is 13.8 Å². The van der Waals surface area contributed by atoms with Gasteiger partial charge in [0.25, 0.3) is 5.91 Å². The van der Waals surface area contributed by atoms with E-state index in [2.05, 4.69) is 5.32 Å². The van der Waals surface area contributed by atoms with Gasteiger partial charge in [-0.3, -0.25) is 10.0 Å². The molecule has 1 heterocycles. The van der Waals surface area contributed by atoms with Crippen LogP contribution in [0.3, 0.4) is 0 Å². The van der Waals surface area contributed by atoms with E-state index in [1.165, 1.54) is 25.3 Å². The maximum Gasteiger partial charge on any atom is 0.419 e. The number of halogens is 3. The summed E-state index contributed by atoms with van der Waals surface area (Å²) in [6.45, 7) is 7.18. The van der Waals surface area contributed by atoms with Crippen molar-refractivity contribution in [3.63, 3.8) is 0 Å². The summed E-state index contributed by atoms with van der Waals surface area (Å²) in [5.74, 6) is -0.516. The number of aliphatic hydroxyl groups excluding tert-OH is 1. The van der Waals surface area contributed by atoms with Crippen LogP contribution in [0.25, 0.3) is 0 Å². The molecular weight excluding hydrogens is 465 g/mol. The summed E-state index contributed by atoms with van der Waals surface area (Å²) in [6.07, 6.45) is -7.44. The van der Waals surface area contributed by atoms with Gasteiger partial charge in [0.15, 0.2) is 11.7 Å². The molecule has 7 nitrogen and oxygen atoms in total. The molecule has 2 aromatic carbocycles. The third-order valence-electron chi connectivity index (χ3n) is 7.04. The van der Waals surface area contributed by atoms with E-state index in [-0.39, 0.29) is 33.5 Å². The highest BCUT2D eigenvalue weighted by Crippen LogP contribution is 2.57. The van der Waals surface area contributed by atoms with Gasteiger partial charge in [-0.15, -0.1) is 0 Å². The number of ether oxygens (including phenoxy) is 1. The van der Waals surface area contributed by atoms with E-state index in [4.69, 9.17) is 4.74 Å². The van der Waals surface area contributed by atoms with Gasteiger partial charge >= 0.3 is 6.18 Å². The number of aliphatic hydroxyl groups is 2. The van der Waals surface area contributed by atoms with Crippen LogP contribution >= 0.6 is 0 Å². The van der Waals surface area contributed by atoms with Gasteiger partial charge < -0.3 is 20.3 Å². The van der Waals surface area contributed by atoms with E-state index in [9.17, 15) is 33.4 Å². The number of carbonyl (C=O) groups excluding carboxylic acids is 1. The van der Waals surface area contributed by atoms with Crippen LogP contribution in [0.5, 0.6) is 5.75 Å². The summed E-state index contributed by atoms with van der Waals surface area (Å²) < 4.78 is 49.2. The zero-order valence-electron chi connectivity index (χ0n) is 20.1. The van der Waals surface area contributed by atoms with Crippen LogP contribution in [-0.4, -0.2) is 40.2 Å². The van der Waals surface area contributed by atoms with Gasteiger partial charge in [0, 0.05) is 16.8 Å². The zero-order chi connectivity index (χ0) is 26.1. The Labute approximate surface area is 201 Å². The first-order chi connectivity index (χ1) is 16.2.